The molecule has 0 radical (unpaired) electrons. The number of nitrogens with zero attached hydrogens (tertiary/aromatic N) is 1. The minimum absolute atomic E-state index is 0.0217. The van der Waals surface area contributed by atoms with Crippen molar-refractivity contribution in [3.05, 3.63) is 93.4 Å². The van der Waals surface area contributed by atoms with E-state index in [4.69, 9.17) is 4.74 Å². The minimum atomic E-state index is -0.871. The molecule has 1 fully saturated rings. The Morgan fingerprint density at radius 1 is 1.10 bits per heavy atom. The highest BCUT2D eigenvalue weighted by Gasteiger charge is 2.46. The number of para-hydroxylation sites is 2. The second-order valence-electron chi connectivity index (χ2n) is 7.42. The molecule has 0 spiro atoms. The molecule has 0 saturated heterocycles. The maximum Gasteiger partial charge on any atom is 0.268 e. The highest BCUT2D eigenvalue weighted by atomic mass is 19.1. The van der Waals surface area contributed by atoms with Crippen molar-refractivity contribution >= 4 is 5.91 Å². The summed E-state index contributed by atoms with van der Waals surface area (Å²) in [5.74, 6) is -1.51. The number of hydrogen-bond acceptors (Lipinski definition) is 3. The van der Waals surface area contributed by atoms with Crippen molar-refractivity contribution in [1.29, 1.82) is 0 Å². The van der Waals surface area contributed by atoms with Crippen LogP contribution in [0.25, 0.3) is 5.69 Å². The lowest BCUT2D eigenvalue weighted by Crippen LogP contribution is -2.39. The average molecular weight is 410 g/mol. The molecule has 1 N–H and O–H groups in total. The van der Waals surface area contributed by atoms with Gasteiger partial charge in [0.1, 0.15) is 22.9 Å². The third kappa shape index (κ3) is 3.47. The number of rotatable bonds is 5. The molecule has 4 rings (SSSR count). The number of hydrogen-bond donors (Lipinski definition) is 1. The molecule has 5 nitrogen and oxygen atoms in total. The lowest BCUT2D eigenvalue weighted by atomic mass is 10.0. The molecular formula is C23H20F2N2O3. The first-order valence-electron chi connectivity index (χ1n) is 9.49. The molecule has 1 aromatic heterocycles. The van der Waals surface area contributed by atoms with Crippen molar-refractivity contribution in [2.75, 3.05) is 7.11 Å². The molecule has 1 amide bonds. The number of benzene rings is 2. The van der Waals surface area contributed by atoms with Gasteiger partial charge in [0.15, 0.2) is 0 Å². The van der Waals surface area contributed by atoms with Crippen LogP contribution < -0.4 is 15.6 Å². The fourth-order valence-electron chi connectivity index (χ4n) is 3.64. The highest BCUT2D eigenvalue weighted by molar-refractivity contribution is 5.96. The molecule has 2 aromatic carbocycles. The van der Waals surface area contributed by atoms with E-state index in [1.54, 1.807) is 43.5 Å². The molecule has 0 bridgehead atoms. The Kier molecular flexibility index (Phi) is 4.89. The van der Waals surface area contributed by atoms with Crippen molar-refractivity contribution in [2.24, 2.45) is 0 Å². The summed E-state index contributed by atoms with van der Waals surface area (Å²) in [6, 6.07) is 11.9. The third-order valence-corrected chi connectivity index (χ3v) is 5.39. The second-order valence-corrected chi connectivity index (χ2v) is 7.42. The van der Waals surface area contributed by atoms with Crippen LogP contribution >= 0.6 is 0 Å². The zero-order chi connectivity index (χ0) is 21.5. The Balaban J connectivity index is 1.72. The number of carbonyl (C=O) groups is 1. The molecule has 30 heavy (non-hydrogen) atoms. The summed E-state index contributed by atoms with van der Waals surface area (Å²) >= 11 is 0. The van der Waals surface area contributed by atoms with Gasteiger partial charge in [-0.25, -0.2) is 8.78 Å². The lowest BCUT2D eigenvalue weighted by Gasteiger charge is -2.19. The summed E-state index contributed by atoms with van der Waals surface area (Å²) < 4.78 is 34.0. The fraction of sp³-hybridized carbons (Fsp3) is 0.217. The predicted molar refractivity (Wildman–Crippen MR) is 108 cm³/mol. The summed E-state index contributed by atoms with van der Waals surface area (Å²) in [6.45, 7) is 1.67. The van der Waals surface area contributed by atoms with Gasteiger partial charge in [-0.05, 0) is 61.2 Å². The Hall–Kier alpha value is -3.48. The number of halogens is 2. The van der Waals surface area contributed by atoms with Crippen molar-refractivity contribution < 1.29 is 18.3 Å². The van der Waals surface area contributed by atoms with Crippen molar-refractivity contribution in [1.82, 2.24) is 9.88 Å². The van der Waals surface area contributed by atoms with Crippen LogP contribution in [0.4, 0.5) is 8.78 Å². The Morgan fingerprint density at radius 2 is 1.77 bits per heavy atom. The van der Waals surface area contributed by atoms with Gasteiger partial charge < -0.3 is 10.1 Å². The Labute approximate surface area is 171 Å². The molecule has 1 saturated carbocycles. The third-order valence-electron chi connectivity index (χ3n) is 5.39. The van der Waals surface area contributed by atoms with Crippen LogP contribution in [0.2, 0.25) is 0 Å². The first-order chi connectivity index (χ1) is 14.3. The van der Waals surface area contributed by atoms with Crippen LogP contribution in [-0.2, 0) is 5.54 Å². The summed E-state index contributed by atoms with van der Waals surface area (Å²) in [4.78, 5) is 26.3. The predicted octanol–water partition coefficient (Wildman–Crippen LogP) is 3.85. The summed E-state index contributed by atoms with van der Waals surface area (Å²) in [5, 5.41) is 2.83. The van der Waals surface area contributed by atoms with E-state index in [1.165, 1.54) is 23.8 Å². The van der Waals surface area contributed by atoms with Gasteiger partial charge in [-0.2, -0.15) is 0 Å². The first kappa shape index (κ1) is 19.8. The standard InChI is InChI=1S/C23H20F2N2O3/c1-14-7-10-27(18-5-3-4-6-19(18)30-2)22(29)20(14)21(28)26-23(8-9-23)15-11-16(24)13-17(25)12-15/h3-7,10-13H,8-9H2,1-2H3,(H,26,28). The van der Waals surface area contributed by atoms with Gasteiger partial charge in [0.25, 0.3) is 11.5 Å². The maximum atomic E-state index is 13.7. The molecule has 0 aliphatic heterocycles. The Bertz CT molecular complexity index is 1180. The van der Waals surface area contributed by atoms with E-state index in [0.717, 1.165) is 6.07 Å². The largest absolute Gasteiger partial charge is 0.495 e. The van der Waals surface area contributed by atoms with Gasteiger partial charge in [-0.1, -0.05) is 12.1 Å². The van der Waals surface area contributed by atoms with Gasteiger partial charge in [0.05, 0.1) is 18.3 Å². The minimum Gasteiger partial charge on any atom is -0.495 e. The van der Waals surface area contributed by atoms with E-state index < -0.39 is 28.6 Å². The average Bonchev–Trinajstić information content (AvgIpc) is 3.48. The number of nitrogens with one attached hydrogen (secondary N) is 1. The molecule has 0 atom stereocenters. The molecular weight excluding hydrogens is 390 g/mol. The van der Waals surface area contributed by atoms with E-state index in [9.17, 15) is 18.4 Å². The molecule has 7 heteroatoms. The first-order valence-corrected chi connectivity index (χ1v) is 9.49. The molecule has 3 aromatic rings. The van der Waals surface area contributed by atoms with Crippen LogP contribution in [-0.4, -0.2) is 17.6 Å². The van der Waals surface area contributed by atoms with Crippen LogP contribution in [0.5, 0.6) is 5.75 Å². The molecule has 1 aliphatic rings. The highest BCUT2D eigenvalue weighted by Crippen LogP contribution is 2.46. The number of ether oxygens (including phenoxy) is 1. The van der Waals surface area contributed by atoms with Crippen LogP contribution in [0, 0.1) is 18.6 Å². The summed E-state index contributed by atoms with van der Waals surface area (Å²) in [5.41, 5.74) is -0.0293. The van der Waals surface area contributed by atoms with Crippen LogP contribution in [0.15, 0.2) is 59.5 Å². The smallest absolute Gasteiger partial charge is 0.268 e. The van der Waals surface area contributed by atoms with E-state index >= 15 is 0 Å². The summed E-state index contributed by atoms with van der Waals surface area (Å²) in [6.07, 6.45) is 2.66. The fourth-order valence-corrected chi connectivity index (χ4v) is 3.64. The van der Waals surface area contributed by atoms with Crippen molar-refractivity contribution in [2.45, 2.75) is 25.3 Å². The lowest BCUT2D eigenvalue weighted by molar-refractivity contribution is 0.0928. The molecule has 0 unspecified atom stereocenters. The topological polar surface area (TPSA) is 60.3 Å². The maximum absolute atomic E-state index is 13.7. The SMILES string of the molecule is COc1ccccc1-n1ccc(C)c(C(=O)NC2(c3cc(F)cc(F)c3)CC2)c1=O. The normalized spacial score (nSPS) is 14.3. The number of amides is 1. The Morgan fingerprint density at radius 3 is 2.40 bits per heavy atom. The molecule has 154 valence electrons. The number of aromatic nitrogens is 1. The van der Waals surface area contributed by atoms with Gasteiger partial charge in [0.2, 0.25) is 0 Å². The van der Waals surface area contributed by atoms with Crippen molar-refractivity contribution in [3.8, 4) is 11.4 Å². The number of pyridine rings is 1. The number of carbonyl (C=O) groups excluding carboxylic acids is 1. The summed E-state index contributed by atoms with van der Waals surface area (Å²) in [7, 11) is 1.50. The van der Waals surface area contributed by atoms with Crippen molar-refractivity contribution in [3.63, 3.8) is 0 Å². The van der Waals surface area contributed by atoms with Gasteiger partial charge in [0, 0.05) is 12.3 Å². The van der Waals surface area contributed by atoms with E-state index in [2.05, 4.69) is 5.32 Å². The quantitative estimate of drug-likeness (QED) is 0.695. The van der Waals surface area contributed by atoms with Crippen LogP contribution in [0.3, 0.4) is 0 Å². The van der Waals surface area contributed by atoms with Gasteiger partial charge in [-0.15, -0.1) is 0 Å². The zero-order valence-electron chi connectivity index (χ0n) is 16.5. The van der Waals surface area contributed by atoms with Gasteiger partial charge in [-0.3, -0.25) is 14.2 Å². The van der Waals surface area contributed by atoms with Gasteiger partial charge >= 0.3 is 0 Å². The number of aryl methyl sites for hydroxylation is 1. The van der Waals surface area contributed by atoms with E-state index in [-0.39, 0.29) is 5.56 Å². The van der Waals surface area contributed by atoms with E-state index in [0.29, 0.717) is 35.4 Å². The number of methoxy groups -OCH3 is 1. The monoisotopic (exact) mass is 410 g/mol. The second kappa shape index (κ2) is 7.40. The van der Waals surface area contributed by atoms with E-state index in [1.807, 2.05) is 0 Å². The molecule has 1 aliphatic carbocycles. The zero-order valence-corrected chi connectivity index (χ0v) is 16.5. The molecule has 1 heterocycles. The van der Waals surface area contributed by atoms with Crippen LogP contribution in [0.1, 0.15) is 34.3 Å².